The van der Waals surface area contributed by atoms with Gasteiger partial charge in [-0.15, -0.1) is 0 Å². The van der Waals surface area contributed by atoms with Crippen LogP contribution in [0.15, 0.2) is 22.2 Å². The summed E-state index contributed by atoms with van der Waals surface area (Å²) in [5.41, 5.74) is 1.41. The molecular formula is C14H15BrO4. The van der Waals surface area contributed by atoms with Crippen LogP contribution in [-0.2, 0) is 9.53 Å². The van der Waals surface area contributed by atoms with Crippen molar-refractivity contribution in [1.82, 2.24) is 0 Å². The first-order valence-corrected chi connectivity index (χ1v) is 6.85. The lowest BCUT2D eigenvalue weighted by Gasteiger charge is -2.20. The molecule has 102 valence electrons. The van der Waals surface area contributed by atoms with Gasteiger partial charge in [-0.25, -0.2) is 4.79 Å². The Kier molecular flexibility index (Phi) is 4.47. The van der Waals surface area contributed by atoms with Gasteiger partial charge in [0, 0.05) is 5.57 Å². The Morgan fingerprint density at radius 3 is 2.89 bits per heavy atom. The van der Waals surface area contributed by atoms with E-state index in [2.05, 4.69) is 15.9 Å². The van der Waals surface area contributed by atoms with Crippen molar-refractivity contribution in [2.45, 2.75) is 13.8 Å². The van der Waals surface area contributed by atoms with Crippen LogP contribution < -0.4 is 9.47 Å². The Labute approximate surface area is 120 Å². The van der Waals surface area contributed by atoms with E-state index in [0.717, 1.165) is 10.0 Å². The zero-order valence-corrected chi connectivity index (χ0v) is 12.5. The molecule has 0 spiro atoms. The molecule has 1 aromatic carbocycles. The number of rotatable bonds is 3. The molecule has 0 saturated heterocycles. The molecule has 1 aliphatic rings. The van der Waals surface area contributed by atoms with Gasteiger partial charge < -0.3 is 14.2 Å². The molecule has 1 heterocycles. The largest absolute Gasteiger partial charge is 0.486 e. The average molecular weight is 327 g/mol. The molecule has 2 rings (SSSR count). The Morgan fingerprint density at radius 2 is 2.16 bits per heavy atom. The van der Waals surface area contributed by atoms with Gasteiger partial charge in [-0.2, -0.15) is 0 Å². The minimum atomic E-state index is -0.312. The van der Waals surface area contributed by atoms with Crippen molar-refractivity contribution in [2.75, 3.05) is 19.8 Å². The van der Waals surface area contributed by atoms with Crippen LogP contribution in [0.3, 0.4) is 0 Å². The first-order valence-electron chi connectivity index (χ1n) is 6.06. The highest BCUT2D eigenvalue weighted by atomic mass is 79.9. The third-order valence-electron chi connectivity index (χ3n) is 2.60. The number of esters is 1. The number of hydrogen-bond acceptors (Lipinski definition) is 4. The molecule has 0 amide bonds. The molecule has 0 unspecified atom stereocenters. The third kappa shape index (κ3) is 3.29. The van der Waals surface area contributed by atoms with E-state index in [1.165, 1.54) is 0 Å². The molecule has 19 heavy (non-hydrogen) atoms. The van der Waals surface area contributed by atoms with E-state index in [1.807, 2.05) is 12.1 Å². The van der Waals surface area contributed by atoms with Crippen LogP contribution in [-0.4, -0.2) is 25.8 Å². The van der Waals surface area contributed by atoms with Gasteiger partial charge in [-0.3, -0.25) is 0 Å². The van der Waals surface area contributed by atoms with Gasteiger partial charge >= 0.3 is 5.97 Å². The van der Waals surface area contributed by atoms with Gasteiger partial charge in [0.25, 0.3) is 0 Å². The summed E-state index contributed by atoms with van der Waals surface area (Å²) in [6, 6.07) is 3.73. The molecule has 0 N–H and O–H groups in total. The van der Waals surface area contributed by atoms with Crippen molar-refractivity contribution in [3.05, 3.63) is 27.7 Å². The van der Waals surface area contributed by atoms with Gasteiger partial charge in [-0.05, 0) is 53.5 Å². The summed E-state index contributed by atoms with van der Waals surface area (Å²) in [4.78, 5) is 11.6. The second kappa shape index (κ2) is 6.10. The highest BCUT2D eigenvalue weighted by molar-refractivity contribution is 9.10. The number of halogens is 1. The van der Waals surface area contributed by atoms with E-state index in [0.29, 0.717) is 36.9 Å². The molecule has 0 radical (unpaired) electrons. The van der Waals surface area contributed by atoms with Crippen molar-refractivity contribution in [1.29, 1.82) is 0 Å². The van der Waals surface area contributed by atoms with E-state index >= 15 is 0 Å². The van der Waals surface area contributed by atoms with Crippen LogP contribution in [0.2, 0.25) is 0 Å². The molecule has 0 atom stereocenters. The molecule has 5 heteroatoms. The van der Waals surface area contributed by atoms with Crippen molar-refractivity contribution in [2.24, 2.45) is 0 Å². The molecule has 1 aliphatic heterocycles. The lowest BCUT2D eigenvalue weighted by Crippen LogP contribution is -2.15. The maximum Gasteiger partial charge on any atom is 0.333 e. The van der Waals surface area contributed by atoms with Gasteiger partial charge in [0.05, 0.1) is 11.1 Å². The maximum atomic E-state index is 11.6. The van der Waals surface area contributed by atoms with Crippen LogP contribution in [0.5, 0.6) is 11.5 Å². The predicted molar refractivity (Wildman–Crippen MR) is 75.4 cm³/mol. The Balaban J connectivity index is 2.28. The number of hydrogen-bond donors (Lipinski definition) is 0. The van der Waals surface area contributed by atoms with Crippen molar-refractivity contribution >= 4 is 28.0 Å². The molecule has 4 nitrogen and oxygen atoms in total. The van der Waals surface area contributed by atoms with Crippen LogP contribution in [0.25, 0.3) is 6.08 Å². The summed E-state index contributed by atoms with van der Waals surface area (Å²) in [6.45, 7) is 4.95. The highest BCUT2D eigenvalue weighted by Crippen LogP contribution is 2.39. The first-order chi connectivity index (χ1) is 9.11. The predicted octanol–water partition coefficient (Wildman–Crippen LogP) is 3.19. The molecule has 0 saturated carbocycles. The van der Waals surface area contributed by atoms with E-state index in [1.54, 1.807) is 19.9 Å². The fourth-order valence-corrected chi connectivity index (χ4v) is 2.34. The Morgan fingerprint density at radius 1 is 1.42 bits per heavy atom. The summed E-state index contributed by atoms with van der Waals surface area (Å²) >= 11 is 3.44. The van der Waals surface area contributed by atoms with E-state index in [9.17, 15) is 4.79 Å². The van der Waals surface area contributed by atoms with Crippen molar-refractivity contribution < 1.29 is 19.0 Å². The van der Waals surface area contributed by atoms with Gasteiger partial charge in [0.15, 0.2) is 11.5 Å². The number of benzene rings is 1. The summed E-state index contributed by atoms with van der Waals surface area (Å²) in [5.74, 6) is 1.08. The van der Waals surface area contributed by atoms with Crippen LogP contribution in [0.1, 0.15) is 19.4 Å². The SMILES string of the molecule is CCOC(=O)/C(C)=C/c1cc(Br)c2c(c1)OCCO2. The molecule has 0 fully saturated rings. The second-order valence-corrected chi connectivity index (χ2v) is 4.93. The quantitative estimate of drug-likeness (QED) is 0.632. The highest BCUT2D eigenvalue weighted by Gasteiger charge is 2.16. The molecule has 0 aromatic heterocycles. The monoisotopic (exact) mass is 326 g/mol. The Bertz CT molecular complexity index is 522. The second-order valence-electron chi connectivity index (χ2n) is 4.07. The van der Waals surface area contributed by atoms with Gasteiger partial charge in [0.1, 0.15) is 13.2 Å². The fourth-order valence-electron chi connectivity index (χ4n) is 1.77. The van der Waals surface area contributed by atoms with Crippen LogP contribution >= 0.6 is 15.9 Å². The van der Waals surface area contributed by atoms with E-state index < -0.39 is 0 Å². The zero-order valence-electron chi connectivity index (χ0n) is 10.9. The standard InChI is InChI=1S/C14H15BrO4/c1-3-17-14(16)9(2)6-10-7-11(15)13-12(8-10)18-4-5-19-13/h6-8H,3-5H2,1-2H3/b9-6+. The topological polar surface area (TPSA) is 44.8 Å². The number of carbonyl (C=O) groups is 1. The first kappa shape index (κ1) is 13.9. The van der Waals surface area contributed by atoms with Crippen molar-refractivity contribution in [3.63, 3.8) is 0 Å². The molecule has 0 aliphatic carbocycles. The number of fused-ring (bicyclic) bond motifs is 1. The third-order valence-corrected chi connectivity index (χ3v) is 3.19. The number of carbonyl (C=O) groups excluding carboxylic acids is 1. The molecule has 1 aromatic rings. The van der Waals surface area contributed by atoms with Crippen LogP contribution in [0.4, 0.5) is 0 Å². The fraction of sp³-hybridized carbons (Fsp3) is 0.357. The molecule has 0 bridgehead atoms. The minimum Gasteiger partial charge on any atom is -0.486 e. The lowest BCUT2D eigenvalue weighted by atomic mass is 10.1. The summed E-state index contributed by atoms with van der Waals surface area (Å²) in [7, 11) is 0. The van der Waals surface area contributed by atoms with Crippen LogP contribution in [0, 0.1) is 0 Å². The van der Waals surface area contributed by atoms with Crippen molar-refractivity contribution in [3.8, 4) is 11.5 Å². The normalized spacial score (nSPS) is 14.2. The number of ether oxygens (including phenoxy) is 3. The summed E-state index contributed by atoms with van der Waals surface area (Å²) in [5, 5.41) is 0. The minimum absolute atomic E-state index is 0.312. The maximum absolute atomic E-state index is 11.6. The summed E-state index contributed by atoms with van der Waals surface area (Å²) < 4.78 is 16.8. The zero-order chi connectivity index (χ0) is 13.8. The Hall–Kier alpha value is -1.49. The van der Waals surface area contributed by atoms with Gasteiger partial charge in [0.2, 0.25) is 0 Å². The molecular weight excluding hydrogens is 312 g/mol. The average Bonchev–Trinajstić information content (AvgIpc) is 2.39. The van der Waals surface area contributed by atoms with E-state index in [-0.39, 0.29) is 5.97 Å². The smallest absolute Gasteiger partial charge is 0.333 e. The van der Waals surface area contributed by atoms with Gasteiger partial charge in [-0.1, -0.05) is 0 Å². The van der Waals surface area contributed by atoms with E-state index in [4.69, 9.17) is 14.2 Å². The lowest BCUT2D eigenvalue weighted by molar-refractivity contribution is -0.138. The summed E-state index contributed by atoms with van der Waals surface area (Å²) in [6.07, 6.45) is 1.76.